The average molecular weight is 410 g/mol. The van der Waals surface area contributed by atoms with Crippen LogP contribution in [0, 0.1) is 0 Å². The minimum Gasteiger partial charge on any atom is -0.322 e. The lowest BCUT2D eigenvalue weighted by molar-refractivity contribution is 0.105. The zero-order valence-corrected chi connectivity index (χ0v) is 17.6. The normalized spacial score (nSPS) is 15.5. The van der Waals surface area contributed by atoms with Gasteiger partial charge in [-0.05, 0) is 22.8 Å². The SMILES string of the molecule is O=c1cc(CN2CCN(C(c3ccccc3)c3ccccc3)CC2)c2ccccc2[nH]1. The number of para-hydroxylation sites is 1. The molecule has 0 unspecified atom stereocenters. The van der Waals surface area contributed by atoms with Gasteiger partial charge in [-0.25, -0.2) is 0 Å². The lowest BCUT2D eigenvalue weighted by Gasteiger charge is -2.40. The molecular formula is C27H27N3O. The second kappa shape index (κ2) is 8.88. The summed E-state index contributed by atoms with van der Waals surface area (Å²) in [5, 5.41) is 1.14. The molecule has 2 heterocycles. The summed E-state index contributed by atoms with van der Waals surface area (Å²) in [4.78, 5) is 20.1. The summed E-state index contributed by atoms with van der Waals surface area (Å²) in [5.74, 6) is 0. The summed E-state index contributed by atoms with van der Waals surface area (Å²) in [5.41, 5.74) is 4.67. The highest BCUT2D eigenvalue weighted by Crippen LogP contribution is 2.29. The molecule has 0 saturated carbocycles. The van der Waals surface area contributed by atoms with Crippen molar-refractivity contribution in [2.24, 2.45) is 0 Å². The van der Waals surface area contributed by atoms with Crippen LogP contribution in [0.5, 0.6) is 0 Å². The van der Waals surface area contributed by atoms with Gasteiger partial charge in [-0.2, -0.15) is 0 Å². The molecule has 1 N–H and O–H groups in total. The lowest BCUT2D eigenvalue weighted by atomic mass is 9.96. The van der Waals surface area contributed by atoms with E-state index in [0.29, 0.717) is 0 Å². The van der Waals surface area contributed by atoms with Crippen LogP contribution in [0.3, 0.4) is 0 Å². The number of rotatable bonds is 5. The van der Waals surface area contributed by atoms with Crippen molar-refractivity contribution in [3.63, 3.8) is 0 Å². The van der Waals surface area contributed by atoms with E-state index < -0.39 is 0 Å². The minimum absolute atomic E-state index is 0.0273. The molecule has 1 fully saturated rings. The quantitative estimate of drug-likeness (QED) is 0.530. The smallest absolute Gasteiger partial charge is 0.248 e. The molecule has 31 heavy (non-hydrogen) atoms. The standard InChI is InChI=1S/C27H27N3O/c31-26-19-23(24-13-7-8-14-25(24)28-26)20-29-15-17-30(18-16-29)27(21-9-3-1-4-10-21)22-11-5-2-6-12-22/h1-14,19,27H,15-18,20H2,(H,28,31). The Kier molecular flexibility index (Phi) is 5.65. The first kappa shape index (κ1) is 19.7. The lowest BCUT2D eigenvalue weighted by Crippen LogP contribution is -2.47. The number of aromatic amines is 1. The van der Waals surface area contributed by atoms with Crippen LogP contribution in [0.4, 0.5) is 0 Å². The van der Waals surface area contributed by atoms with Gasteiger partial charge < -0.3 is 4.98 Å². The van der Waals surface area contributed by atoms with Gasteiger partial charge in [-0.3, -0.25) is 14.6 Å². The van der Waals surface area contributed by atoms with Crippen LogP contribution >= 0.6 is 0 Å². The van der Waals surface area contributed by atoms with Crippen LogP contribution in [-0.4, -0.2) is 41.0 Å². The molecule has 0 bridgehead atoms. The van der Waals surface area contributed by atoms with Crippen molar-refractivity contribution in [3.8, 4) is 0 Å². The maximum atomic E-state index is 12.1. The Hall–Kier alpha value is -3.21. The average Bonchev–Trinajstić information content (AvgIpc) is 2.82. The molecule has 0 aliphatic carbocycles. The van der Waals surface area contributed by atoms with Crippen molar-refractivity contribution in [3.05, 3.63) is 118 Å². The van der Waals surface area contributed by atoms with E-state index in [1.807, 2.05) is 18.2 Å². The van der Waals surface area contributed by atoms with Gasteiger partial charge in [0.15, 0.2) is 0 Å². The fourth-order valence-corrected chi connectivity index (χ4v) is 4.71. The van der Waals surface area contributed by atoms with Crippen molar-refractivity contribution >= 4 is 10.9 Å². The first-order chi connectivity index (χ1) is 15.3. The van der Waals surface area contributed by atoms with E-state index in [4.69, 9.17) is 0 Å². The van der Waals surface area contributed by atoms with Gasteiger partial charge in [-0.15, -0.1) is 0 Å². The zero-order chi connectivity index (χ0) is 21.0. The van der Waals surface area contributed by atoms with Gasteiger partial charge in [0.2, 0.25) is 5.56 Å². The molecule has 1 saturated heterocycles. The Morgan fingerprint density at radius 2 is 1.32 bits per heavy atom. The number of piperazine rings is 1. The Labute approximate surface area is 182 Å². The fourth-order valence-electron chi connectivity index (χ4n) is 4.71. The molecule has 5 rings (SSSR count). The number of nitrogens with one attached hydrogen (secondary N) is 1. The molecule has 4 aromatic rings. The van der Waals surface area contributed by atoms with Gasteiger partial charge in [0, 0.05) is 49.7 Å². The summed E-state index contributed by atoms with van der Waals surface area (Å²) >= 11 is 0. The second-order valence-electron chi connectivity index (χ2n) is 8.24. The number of aromatic nitrogens is 1. The molecule has 4 heteroatoms. The van der Waals surface area contributed by atoms with E-state index >= 15 is 0 Å². The summed E-state index contributed by atoms with van der Waals surface area (Å²) < 4.78 is 0. The van der Waals surface area contributed by atoms with Crippen LogP contribution in [0.2, 0.25) is 0 Å². The number of H-pyrrole nitrogens is 1. The summed E-state index contributed by atoms with van der Waals surface area (Å²) in [6, 6.07) is 31.7. The highest BCUT2D eigenvalue weighted by molar-refractivity contribution is 5.81. The molecule has 3 aromatic carbocycles. The van der Waals surface area contributed by atoms with E-state index in [-0.39, 0.29) is 11.6 Å². The highest BCUT2D eigenvalue weighted by atomic mass is 16.1. The molecule has 0 radical (unpaired) electrons. The van der Waals surface area contributed by atoms with Crippen molar-refractivity contribution in [2.45, 2.75) is 12.6 Å². The van der Waals surface area contributed by atoms with Crippen molar-refractivity contribution in [2.75, 3.05) is 26.2 Å². The maximum Gasteiger partial charge on any atom is 0.248 e. The predicted octanol–water partition coefficient (Wildman–Crippen LogP) is 4.44. The first-order valence-corrected chi connectivity index (χ1v) is 11.0. The Morgan fingerprint density at radius 1 is 0.742 bits per heavy atom. The Morgan fingerprint density at radius 3 is 1.97 bits per heavy atom. The number of fused-ring (bicyclic) bond motifs is 1. The molecular weight excluding hydrogens is 382 g/mol. The Bertz CT molecular complexity index is 1160. The van der Waals surface area contributed by atoms with Crippen LogP contribution in [0.15, 0.2) is 95.8 Å². The van der Waals surface area contributed by atoms with Crippen molar-refractivity contribution in [1.29, 1.82) is 0 Å². The number of nitrogens with zero attached hydrogens (tertiary/aromatic N) is 2. The number of hydrogen-bond donors (Lipinski definition) is 1. The van der Waals surface area contributed by atoms with Crippen LogP contribution < -0.4 is 5.56 Å². The zero-order valence-electron chi connectivity index (χ0n) is 17.6. The number of hydrogen-bond acceptors (Lipinski definition) is 3. The Balaban J connectivity index is 1.34. The van der Waals surface area contributed by atoms with E-state index in [1.165, 1.54) is 11.1 Å². The summed E-state index contributed by atoms with van der Waals surface area (Å²) in [6.07, 6.45) is 0. The number of pyridine rings is 1. The molecule has 0 amide bonds. The molecule has 1 aliphatic heterocycles. The van der Waals surface area contributed by atoms with Crippen LogP contribution in [-0.2, 0) is 6.54 Å². The van der Waals surface area contributed by atoms with Gasteiger partial charge in [0.1, 0.15) is 0 Å². The molecule has 0 atom stereocenters. The topological polar surface area (TPSA) is 39.3 Å². The van der Waals surface area contributed by atoms with Crippen molar-refractivity contribution in [1.82, 2.24) is 14.8 Å². The largest absolute Gasteiger partial charge is 0.322 e. The second-order valence-corrected chi connectivity index (χ2v) is 8.24. The summed E-state index contributed by atoms with van der Waals surface area (Å²) in [6.45, 7) is 4.76. The van der Waals surface area contributed by atoms with E-state index in [2.05, 4.69) is 81.5 Å². The molecule has 1 aromatic heterocycles. The first-order valence-electron chi connectivity index (χ1n) is 11.0. The third-order valence-corrected chi connectivity index (χ3v) is 6.23. The monoisotopic (exact) mass is 409 g/mol. The highest BCUT2D eigenvalue weighted by Gasteiger charge is 2.26. The minimum atomic E-state index is -0.0273. The van der Waals surface area contributed by atoms with Gasteiger partial charge in [0.25, 0.3) is 0 Å². The van der Waals surface area contributed by atoms with Gasteiger partial charge >= 0.3 is 0 Å². The number of benzene rings is 3. The van der Waals surface area contributed by atoms with Gasteiger partial charge in [-0.1, -0.05) is 78.9 Å². The molecule has 4 nitrogen and oxygen atoms in total. The van der Waals surface area contributed by atoms with Gasteiger partial charge in [0.05, 0.1) is 6.04 Å². The van der Waals surface area contributed by atoms with E-state index in [1.54, 1.807) is 6.07 Å². The predicted molar refractivity (Wildman–Crippen MR) is 126 cm³/mol. The molecule has 0 spiro atoms. The molecule has 156 valence electrons. The van der Waals surface area contributed by atoms with E-state index in [9.17, 15) is 4.79 Å². The fraction of sp³-hybridized carbons (Fsp3) is 0.222. The van der Waals surface area contributed by atoms with Crippen LogP contribution in [0.1, 0.15) is 22.7 Å². The van der Waals surface area contributed by atoms with E-state index in [0.717, 1.165) is 49.2 Å². The van der Waals surface area contributed by atoms with Crippen molar-refractivity contribution < 1.29 is 0 Å². The third-order valence-electron chi connectivity index (χ3n) is 6.23. The summed E-state index contributed by atoms with van der Waals surface area (Å²) in [7, 11) is 0. The third kappa shape index (κ3) is 4.31. The maximum absolute atomic E-state index is 12.1. The molecule has 1 aliphatic rings. The van der Waals surface area contributed by atoms with Crippen LogP contribution in [0.25, 0.3) is 10.9 Å².